The first-order chi connectivity index (χ1) is 12.6. The summed E-state index contributed by atoms with van der Waals surface area (Å²) in [6, 6.07) is 9.09. The molecule has 0 saturated carbocycles. The van der Waals surface area contributed by atoms with Crippen molar-refractivity contribution < 1.29 is 9.53 Å². The van der Waals surface area contributed by atoms with Crippen LogP contribution >= 0.6 is 11.6 Å². The summed E-state index contributed by atoms with van der Waals surface area (Å²) in [5.41, 5.74) is 1.41. The van der Waals surface area contributed by atoms with Gasteiger partial charge in [0.05, 0.1) is 5.02 Å². The van der Waals surface area contributed by atoms with Crippen molar-refractivity contribution >= 4 is 17.5 Å². The number of ether oxygens (including phenoxy) is 1. The maximum absolute atomic E-state index is 12.1. The molecule has 1 aromatic carbocycles. The topological polar surface area (TPSA) is 74.0 Å². The molecule has 0 saturated heterocycles. The smallest absolute Gasteiger partial charge is 0.271 e. The maximum Gasteiger partial charge on any atom is 0.271 e. The van der Waals surface area contributed by atoms with E-state index in [1.807, 2.05) is 36.0 Å². The fourth-order valence-corrected chi connectivity index (χ4v) is 2.55. The minimum atomic E-state index is -0.210. The van der Waals surface area contributed by atoms with Gasteiger partial charge in [0.1, 0.15) is 11.4 Å². The van der Waals surface area contributed by atoms with Gasteiger partial charge in [0.15, 0.2) is 6.73 Å². The maximum atomic E-state index is 12.1. The SMILES string of the molecule is Cc1ccc(Cl)c(OCn2ccc(C(=O)NCCCn3cccn3)n2)c1. The van der Waals surface area contributed by atoms with Crippen molar-refractivity contribution in [1.29, 1.82) is 0 Å². The van der Waals surface area contributed by atoms with Gasteiger partial charge in [-0.15, -0.1) is 0 Å². The average molecular weight is 374 g/mol. The molecular formula is C18H20ClN5O2. The van der Waals surface area contributed by atoms with Crippen LogP contribution in [0.5, 0.6) is 5.75 Å². The number of hydrogen-bond donors (Lipinski definition) is 1. The molecule has 1 N–H and O–H groups in total. The van der Waals surface area contributed by atoms with Gasteiger partial charge in [0, 0.05) is 31.7 Å². The minimum Gasteiger partial charge on any atom is -0.470 e. The Morgan fingerprint density at radius 3 is 2.96 bits per heavy atom. The molecule has 7 nitrogen and oxygen atoms in total. The summed E-state index contributed by atoms with van der Waals surface area (Å²) in [6.07, 6.45) is 6.12. The number of amides is 1. The second-order valence-corrected chi connectivity index (χ2v) is 6.23. The van der Waals surface area contributed by atoms with Crippen molar-refractivity contribution in [2.75, 3.05) is 6.54 Å². The lowest BCUT2D eigenvalue weighted by Gasteiger charge is -2.08. The van der Waals surface area contributed by atoms with E-state index in [4.69, 9.17) is 16.3 Å². The van der Waals surface area contributed by atoms with E-state index in [2.05, 4.69) is 15.5 Å². The molecule has 136 valence electrons. The van der Waals surface area contributed by atoms with E-state index in [0.717, 1.165) is 18.5 Å². The Labute approximate surface area is 156 Å². The number of carbonyl (C=O) groups is 1. The van der Waals surface area contributed by atoms with Gasteiger partial charge in [0.2, 0.25) is 0 Å². The fraction of sp³-hybridized carbons (Fsp3) is 0.278. The molecule has 0 radical (unpaired) electrons. The van der Waals surface area contributed by atoms with Crippen LogP contribution in [-0.2, 0) is 13.3 Å². The van der Waals surface area contributed by atoms with Crippen molar-refractivity contribution in [3.63, 3.8) is 0 Å². The molecule has 0 atom stereocenters. The van der Waals surface area contributed by atoms with Crippen LogP contribution in [0, 0.1) is 6.92 Å². The molecule has 0 aliphatic heterocycles. The summed E-state index contributed by atoms with van der Waals surface area (Å²) < 4.78 is 9.04. The minimum absolute atomic E-state index is 0.176. The second-order valence-electron chi connectivity index (χ2n) is 5.83. The van der Waals surface area contributed by atoms with Gasteiger partial charge >= 0.3 is 0 Å². The van der Waals surface area contributed by atoms with E-state index in [-0.39, 0.29) is 12.6 Å². The number of benzene rings is 1. The first-order valence-corrected chi connectivity index (χ1v) is 8.67. The van der Waals surface area contributed by atoms with Crippen LogP contribution in [0.4, 0.5) is 0 Å². The lowest BCUT2D eigenvalue weighted by Crippen LogP contribution is -2.26. The number of hydrogen-bond acceptors (Lipinski definition) is 4. The summed E-state index contributed by atoms with van der Waals surface area (Å²) in [5.74, 6) is 0.379. The Bertz CT molecular complexity index is 860. The van der Waals surface area contributed by atoms with Gasteiger partial charge in [-0.3, -0.25) is 9.48 Å². The van der Waals surface area contributed by atoms with Gasteiger partial charge in [-0.2, -0.15) is 10.2 Å². The van der Waals surface area contributed by atoms with Gasteiger partial charge in [-0.1, -0.05) is 17.7 Å². The highest BCUT2D eigenvalue weighted by Gasteiger charge is 2.09. The quantitative estimate of drug-likeness (QED) is 0.616. The molecular weight excluding hydrogens is 354 g/mol. The van der Waals surface area contributed by atoms with Crippen LogP contribution in [0.3, 0.4) is 0 Å². The Kier molecular flexibility index (Phi) is 5.91. The van der Waals surface area contributed by atoms with Crippen molar-refractivity contribution in [3.8, 4) is 5.75 Å². The Hall–Kier alpha value is -2.80. The molecule has 0 aliphatic rings. The largest absolute Gasteiger partial charge is 0.470 e. The Morgan fingerprint density at radius 2 is 2.15 bits per heavy atom. The molecule has 2 heterocycles. The van der Waals surface area contributed by atoms with Crippen molar-refractivity contribution in [3.05, 3.63) is 65.2 Å². The number of aryl methyl sites for hydroxylation is 2. The van der Waals surface area contributed by atoms with E-state index < -0.39 is 0 Å². The van der Waals surface area contributed by atoms with Crippen LogP contribution in [-0.4, -0.2) is 32.0 Å². The summed E-state index contributed by atoms with van der Waals surface area (Å²) in [6.45, 7) is 3.45. The van der Waals surface area contributed by atoms with E-state index in [9.17, 15) is 4.79 Å². The predicted molar refractivity (Wildman–Crippen MR) is 98.2 cm³/mol. The van der Waals surface area contributed by atoms with E-state index >= 15 is 0 Å². The second kappa shape index (κ2) is 8.53. The Balaban J connectivity index is 1.46. The third-order valence-corrected chi connectivity index (χ3v) is 4.03. The molecule has 3 rings (SSSR count). The number of nitrogens with zero attached hydrogens (tertiary/aromatic N) is 4. The highest BCUT2D eigenvalue weighted by Crippen LogP contribution is 2.25. The highest BCUT2D eigenvalue weighted by atomic mass is 35.5. The molecule has 3 aromatic rings. The number of carbonyl (C=O) groups excluding carboxylic acids is 1. The molecule has 26 heavy (non-hydrogen) atoms. The first kappa shape index (κ1) is 18.0. The zero-order valence-corrected chi connectivity index (χ0v) is 15.2. The summed E-state index contributed by atoms with van der Waals surface area (Å²) in [7, 11) is 0. The van der Waals surface area contributed by atoms with Crippen molar-refractivity contribution in [2.45, 2.75) is 26.6 Å². The molecule has 0 unspecified atom stereocenters. The first-order valence-electron chi connectivity index (χ1n) is 8.30. The average Bonchev–Trinajstić information content (AvgIpc) is 3.31. The van der Waals surface area contributed by atoms with E-state index in [1.165, 1.54) is 0 Å². The number of aromatic nitrogens is 4. The summed E-state index contributed by atoms with van der Waals surface area (Å²) >= 11 is 6.10. The number of rotatable bonds is 8. The third-order valence-electron chi connectivity index (χ3n) is 3.72. The Morgan fingerprint density at radius 1 is 1.27 bits per heavy atom. The van der Waals surface area contributed by atoms with E-state index in [0.29, 0.717) is 23.0 Å². The van der Waals surface area contributed by atoms with Gasteiger partial charge in [-0.25, -0.2) is 4.68 Å². The van der Waals surface area contributed by atoms with Gasteiger partial charge in [0.25, 0.3) is 5.91 Å². The van der Waals surface area contributed by atoms with Crippen LogP contribution < -0.4 is 10.1 Å². The van der Waals surface area contributed by atoms with Crippen LogP contribution in [0.25, 0.3) is 0 Å². The number of halogens is 1. The zero-order chi connectivity index (χ0) is 18.4. The summed E-state index contributed by atoms with van der Waals surface area (Å²) in [4.78, 5) is 12.1. The molecule has 2 aromatic heterocycles. The molecule has 0 bridgehead atoms. The third kappa shape index (κ3) is 4.86. The molecule has 0 spiro atoms. The van der Waals surface area contributed by atoms with Gasteiger partial charge < -0.3 is 10.1 Å². The lowest BCUT2D eigenvalue weighted by atomic mass is 10.2. The van der Waals surface area contributed by atoms with Crippen LogP contribution in [0.15, 0.2) is 48.9 Å². The molecule has 1 amide bonds. The van der Waals surface area contributed by atoms with Gasteiger partial charge in [-0.05, 0) is 43.2 Å². The van der Waals surface area contributed by atoms with Crippen LogP contribution in [0.2, 0.25) is 5.02 Å². The highest BCUT2D eigenvalue weighted by molar-refractivity contribution is 6.32. The zero-order valence-electron chi connectivity index (χ0n) is 14.4. The molecule has 8 heteroatoms. The van der Waals surface area contributed by atoms with E-state index in [1.54, 1.807) is 29.2 Å². The standard InChI is InChI=1S/C18H20ClN5O2/c1-14-4-5-15(19)17(12-14)26-13-24-11-6-16(22-24)18(25)20-7-2-9-23-10-3-8-21-23/h3-6,8,10-12H,2,7,9,13H2,1H3,(H,20,25). The van der Waals surface area contributed by atoms with Crippen LogP contribution in [0.1, 0.15) is 22.5 Å². The molecule has 0 fully saturated rings. The summed E-state index contributed by atoms with van der Waals surface area (Å²) in [5, 5.41) is 11.7. The lowest BCUT2D eigenvalue weighted by molar-refractivity contribution is 0.0945. The monoisotopic (exact) mass is 373 g/mol. The van der Waals surface area contributed by atoms with Crippen molar-refractivity contribution in [1.82, 2.24) is 24.9 Å². The predicted octanol–water partition coefficient (Wildman–Crippen LogP) is 2.90. The van der Waals surface area contributed by atoms with Crippen molar-refractivity contribution in [2.24, 2.45) is 0 Å². The fourth-order valence-electron chi connectivity index (χ4n) is 2.38. The number of nitrogens with one attached hydrogen (secondary N) is 1. The normalized spacial score (nSPS) is 10.7. The molecule has 0 aliphatic carbocycles.